The predicted molar refractivity (Wildman–Crippen MR) is 178 cm³/mol. The summed E-state index contributed by atoms with van der Waals surface area (Å²) >= 11 is 0. The van der Waals surface area contributed by atoms with Crippen LogP contribution in [0.15, 0.2) is 36.5 Å². The third kappa shape index (κ3) is 4.66. The Morgan fingerprint density at radius 1 is 1.06 bits per heavy atom. The van der Waals surface area contributed by atoms with Crippen molar-refractivity contribution >= 4 is 27.5 Å². The van der Waals surface area contributed by atoms with Crippen LogP contribution in [-0.4, -0.2) is 57.5 Å². The summed E-state index contributed by atoms with van der Waals surface area (Å²) in [5, 5.41) is 16.1. The lowest BCUT2D eigenvalue weighted by Crippen LogP contribution is -2.51. The van der Waals surface area contributed by atoms with E-state index in [2.05, 4.69) is 21.1 Å². The number of halogens is 2. The average Bonchev–Trinajstić information content (AvgIpc) is 3.75. The van der Waals surface area contributed by atoms with Crippen molar-refractivity contribution in [2.75, 3.05) is 24.6 Å². The Morgan fingerprint density at radius 3 is 2.70 bits per heavy atom. The van der Waals surface area contributed by atoms with Crippen LogP contribution < -0.4 is 15.0 Å². The molecule has 5 fully saturated rings. The second-order valence-corrected chi connectivity index (χ2v) is 14.9. The van der Waals surface area contributed by atoms with Gasteiger partial charge in [-0.3, -0.25) is 4.98 Å². The first kappa shape index (κ1) is 29.1. The molecule has 2 aromatic carbocycles. The summed E-state index contributed by atoms with van der Waals surface area (Å²) in [7, 11) is 0. The van der Waals surface area contributed by atoms with E-state index in [9.17, 15) is 5.11 Å². The normalized spacial score (nSPS) is 31.2. The zero-order valence-electron chi connectivity index (χ0n) is 26.4. The van der Waals surface area contributed by atoms with Crippen LogP contribution in [0.3, 0.4) is 0 Å². The van der Waals surface area contributed by atoms with Crippen molar-refractivity contribution in [1.82, 2.24) is 20.3 Å². The number of benzene rings is 2. The smallest absolute Gasteiger partial charge is 0.319 e. The summed E-state index contributed by atoms with van der Waals surface area (Å²) in [6.07, 6.45) is 16.8. The number of phenols is 1. The molecule has 4 heterocycles. The van der Waals surface area contributed by atoms with Gasteiger partial charge in [0.1, 0.15) is 28.4 Å². The number of phenolic OH excluding ortho intramolecular Hbond substituents is 1. The van der Waals surface area contributed by atoms with Crippen LogP contribution in [0.5, 0.6) is 11.8 Å². The lowest BCUT2D eigenvalue weighted by molar-refractivity contribution is -0.0602. The van der Waals surface area contributed by atoms with Crippen LogP contribution in [0.25, 0.3) is 32.9 Å². The van der Waals surface area contributed by atoms with Gasteiger partial charge in [0.15, 0.2) is 5.82 Å². The molecule has 3 unspecified atom stereocenters. The summed E-state index contributed by atoms with van der Waals surface area (Å²) < 4.78 is 39.6. The molecule has 47 heavy (non-hydrogen) atoms. The SMILES string of the molecule is C#Cc1cccc2cc(O)cc(-c3ncc4c(N5CC6CCC(C5)N6)nc(OC[C@]56CCCC5C[C@@H]5CCC[C@]5(F)C6)nc4c3F)c12. The van der Waals surface area contributed by atoms with Gasteiger partial charge in [0.05, 0.1) is 12.0 Å². The molecule has 5 aliphatic rings. The number of rotatable bonds is 5. The first-order valence-corrected chi connectivity index (χ1v) is 17.2. The van der Waals surface area contributed by atoms with E-state index >= 15 is 8.78 Å². The monoisotopic (exact) mass is 635 g/mol. The molecule has 2 saturated heterocycles. The minimum Gasteiger partial charge on any atom is -0.508 e. The number of fused-ring (bicyclic) bond motifs is 6. The van der Waals surface area contributed by atoms with E-state index in [0.29, 0.717) is 70.6 Å². The summed E-state index contributed by atoms with van der Waals surface area (Å²) in [5.41, 5.74) is -0.243. The fourth-order valence-electron chi connectivity index (χ4n) is 10.1. The van der Waals surface area contributed by atoms with E-state index in [1.54, 1.807) is 18.3 Å². The van der Waals surface area contributed by atoms with Crippen molar-refractivity contribution < 1.29 is 18.6 Å². The Hall–Kier alpha value is -4.03. The van der Waals surface area contributed by atoms with E-state index in [4.69, 9.17) is 21.1 Å². The number of hydrogen-bond acceptors (Lipinski definition) is 7. The highest BCUT2D eigenvalue weighted by atomic mass is 19.1. The highest BCUT2D eigenvalue weighted by molar-refractivity contribution is 6.02. The predicted octanol–water partition coefficient (Wildman–Crippen LogP) is 7.08. The lowest BCUT2D eigenvalue weighted by atomic mass is 9.60. The maximum Gasteiger partial charge on any atom is 0.319 e. The van der Waals surface area contributed by atoms with Crippen LogP contribution in [0.4, 0.5) is 14.6 Å². The van der Waals surface area contributed by atoms with Gasteiger partial charge in [-0.15, -0.1) is 6.42 Å². The zero-order chi connectivity index (χ0) is 31.9. The molecule has 2 N–H and O–H groups in total. The lowest BCUT2D eigenvalue weighted by Gasteiger charge is -2.47. The van der Waals surface area contributed by atoms with Crippen molar-refractivity contribution in [3.05, 3.63) is 47.9 Å². The number of anilines is 1. The average molecular weight is 636 g/mol. The number of ether oxygens (including phenoxy) is 1. The second-order valence-electron chi connectivity index (χ2n) is 14.9. The molecule has 0 amide bonds. The van der Waals surface area contributed by atoms with Gasteiger partial charge in [-0.2, -0.15) is 9.97 Å². The molecule has 9 rings (SSSR count). The van der Waals surface area contributed by atoms with Crippen molar-refractivity contribution in [2.24, 2.45) is 17.3 Å². The van der Waals surface area contributed by atoms with E-state index in [-0.39, 0.29) is 34.3 Å². The highest BCUT2D eigenvalue weighted by Gasteiger charge is 2.58. The standard InChI is InChI=1S/C38H39F2N5O2/c1-2-22-6-3-7-23-14-28(46)16-29(31(22)23)33-32(39)34-30(17-41-33)35(45-18-26-10-11-27(19-45)42-26)44-36(43-34)47-21-37-12-4-8-24(37)15-25-9-5-13-38(25,40)20-37/h1,3,6-7,14,16-17,24-27,42,46H,4-5,8-13,15,18-21H2/t24?,25-,26?,27?,37+,38-/m0/s1. The molecule has 3 saturated carbocycles. The number of piperazine rings is 1. The fourth-order valence-corrected chi connectivity index (χ4v) is 10.1. The quantitative estimate of drug-likeness (QED) is 0.227. The Morgan fingerprint density at radius 2 is 1.87 bits per heavy atom. The van der Waals surface area contributed by atoms with Crippen molar-refractivity contribution in [3.63, 3.8) is 0 Å². The summed E-state index contributed by atoms with van der Waals surface area (Å²) in [5.74, 6) is 3.25. The molecule has 6 atom stereocenters. The fraction of sp³-hybridized carbons (Fsp3) is 0.500. The molecule has 0 spiro atoms. The zero-order valence-corrected chi connectivity index (χ0v) is 26.4. The Bertz CT molecular complexity index is 1950. The maximum absolute atomic E-state index is 16.9. The Kier molecular flexibility index (Phi) is 6.66. The number of hydrogen-bond donors (Lipinski definition) is 2. The van der Waals surface area contributed by atoms with Gasteiger partial charge in [0, 0.05) is 53.3 Å². The van der Waals surface area contributed by atoms with Crippen molar-refractivity contribution in [3.8, 4) is 35.4 Å². The maximum atomic E-state index is 16.9. The summed E-state index contributed by atoms with van der Waals surface area (Å²) in [6, 6.07) is 9.33. The van der Waals surface area contributed by atoms with Crippen LogP contribution in [0.2, 0.25) is 0 Å². The molecule has 0 radical (unpaired) electrons. The topological polar surface area (TPSA) is 83.4 Å². The van der Waals surface area contributed by atoms with Gasteiger partial charge in [-0.05, 0) is 93.2 Å². The Labute approximate surface area is 273 Å². The summed E-state index contributed by atoms with van der Waals surface area (Å²) in [4.78, 5) is 16.5. The minimum atomic E-state index is -1.12. The molecule has 3 aliphatic carbocycles. The first-order chi connectivity index (χ1) is 22.8. The van der Waals surface area contributed by atoms with Gasteiger partial charge >= 0.3 is 6.01 Å². The van der Waals surface area contributed by atoms with E-state index in [1.165, 1.54) is 6.07 Å². The third-order valence-corrected chi connectivity index (χ3v) is 12.2. The number of pyridine rings is 1. The number of aromatic hydroxyl groups is 1. The van der Waals surface area contributed by atoms with Crippen LogP contribution >= 0.6 is 0 Å². The van der Waals surface area contributed by atoms with Gasteiger partial charge in [-0.25, -0.2) is 8.78 Å². The van der Waals surface area contributed by atoms with E-state index in [0.717, 1.165) is 64.5 Å². The highest BCUT2D eigenvalue weighted by Crippen LogP contribution is 2.62. The third-order valence-electron chi connectivity index (χ3n) is 12.2. The van der Waals surface area contributed by atoms with Gasteiger partial charge in [0.2, 0.25) is 0 Å². The van der Waals surface area contributed by atoms with Crippen LogP contribution in [-0.2, 0) is 0 Å². The van der Waals surface area contributed by atoms with Crippen LogP contribution in [0.1, 0.15) is 69.8 Å². The van der Waals surface area contributed by atoms with E-state index in [1.807, 2.05) is 12.1 Å². The molecule has 242 valence electrons. The Balaban J connectivity index is 1.16. The van der Waals surface area contributed by atoms with Crippen molar-refractivity contribution in [2.45, 2.75) is 82.0 Å². The van der Waals surface area contributed by atoms with E-state index < -0.39 is 11.5 Å². The molecule has 9 heteroatoms. The molecule has 2 aromatic heterocycles. The number of aromatic nitrogens is 3. The van der Waals surface area contributed by atoms with Gasteiger partial charge in [-0.1, -0.05) is 24.5 Å². The minimum absolute atomic E-state index is 0.0142. The number of nitrogens with one attached hydrogen (secondary N) is 1. The van der Waals surface area contributed by atoms with Crippen LogP contribution in [0, 0.1) is 35.4 Å². The molecular weight excluding hydrogens is 596 g/mol. The summed E-state index contributed by atoms with van der Waals surface area (Å²) in [6.45, 7) is 1.81. The molecule has 2 aliphatic heterocycles. The molecule has 4 aromatic rings. The molecule has 2 bridgehead atoms. The second kappa shape index (κ2) is 10.7. The molecule has 7 nitrogen and oxygen atoms in total. The largest absolute Gasteiger partial charge is 0.508 e. The number of alkyl halides is 1. The van der Waals surface area contributed by atoms with Gasteiger partial charge in [0.25, 0.3) is 0 Å². The van der Waals surface area contributed by atoms with Gasteiger partial charge < -0.3 is 20.1 Å². The number of nitrogens with zero attached hydrogens (tertiary/aromatic N) is 4. The first-order valence-electron chi connectivity index (χ1n) is 17.2. The van der Waals surface area contributed by atoms with Crippen molar-refractivity contribution in [1.29, 1.82) is 0 Å². The molecular formula is C38H39F2N5O2. The number of terminal acetylenes is 1.